The lowest BCUT2D eigenvalue weighted by Gasteiger charge is -2.10. The van der Waals surface area contributed by atoms with E-state index in [1.165, 1.54) is 0 Å². The van der Waals surface area contributed by atoms with Gasteiger partial charge in [-0.3, -0.25) is 4.68 Å². The molecule has 122 valence electrons. The van der Waals surface area contributed by atoms with Crippen molar-refractivity contribution in [3.63, 3.8) is 0 Å². The molecule has 0 amide bonds. The van der Waals surface area contributed by atoms with Crippen LogP contribution in [0.3, 0.4) is 0 Å². The molecule has 0 aliphatic rings. The van der Waals surface area contributed by atoms with Gasteiger partial charge in [0.25, 0.3) is 0 Å². The largest absolute Gasteiger partial charge is 0.330 e. The molecule has 21 heavy (non-hydrogen) atoms. The Labute approximate surface area is 131 Å². The van der Waals surface area contributed by atoms with Crippen LogP contribution in [0.5, 0.6) is 0 Å². The fourth-order valence-electron chi connectivity index (χ4n) is 2.11. The highest BCUT2D eigenvalue weighted by atomic mass is 32.2. The van der Waals surface area contributed by atoms with Gasteiger partial charge in [0, 0.05) is 18.3 Å². The molecule has 0 aliphatic heterocycles. The van der Waals surface area contributed by atoms with Gasteiger partial charge in [-0.25, -0.2) is 13.1 Å². The van der Waals surface area contributed by atoms with Gasteiger partial charge >= 0.3 is 0 Å². The number of aryl methyl sites for hydroxylation is 2. The molecule has 6 nitrogen and oxygen atoms in total. The summed E-state index contributed by atoms with van der Waals surface area (Å²) in [6.07, 6.45) is 3.61. The van der Waals surface area contributed by atoms with Crippen molar-refractivity contribution in [3.8, 4) is 0 Å². The first-order valence-corrected chi connectivity index (χ1v) is 9.87. The van der Waals surface area contributed by atoms with E-state index in [1.807, 2.05) is 6.26 Å². The van der Waals surface area contributed by atoms with Gasteiger partial charge in [0.1, 0.15) is 4.90 Å². The Morgan fingerprint density at radius 2 is 2.10 bits per heavy atom. The summed E-state index contributed by atoms with van der Waals surface area (Å²) in [5.41, 5.74) is 6.70. The van der Waals surface area contributed by atoms with Gasteiger partial charge in [0.2, 0.25) is 10.0 Å². The quantitative estimate of drug-likeness (QED) is 0.710. The number of aromatic nitrogens is 2. The number of rotatable bonds is 9. The number of nitrogens with two attached hydrogens (primary N) is 1. The topological polar surface area (TPSA) is 90.0 Å². The minimum atomic E-state index is -3.50. The molecular formula is C13H26N4O2S2. The molecule has 0 aliphatic carbocycles. The van der Waals surface area contributed by atoms with Crippen LogP contribution in [-0.4, -0.2) is 42.8 Å². The van der Waals surface area contributed by atoms with Crippen LogP contribution in [-0.2, 0) is 16.6 Å². The molecule has 1 rings (SSSR count). The highest BCUT2D eigenvalue weighted by molar-refractivity contribution is 7.99. The smallest absolute Gasteiger partial charge is 0.244 e. The summed E-state index contributed by atoms with van der Waals surface area (Å²) in [5.74, 6) is 0. The molecule has 0 spiro atoms. The summed E-state index contributed by atoms with van der Waals surface area (Å²) in [5, 5.41) is 4.74. The first-order chi connectivity index (χ1) is 9.83. The Morgan fingerprint density at radius 3 is 2.67 bits per heavy atom. The Balaban J connectivity index is 2.85. The second-order valence-electron chi connectivity index (χ2n) is 5.10. The van der Waals surface area contributed by atoms with Crippen molar-refractivity contribution in [2.45, 2.75) is 50.3 Å². The fraction of sp³-hybridized carbons (Fsp3) is 0.769. The summed E-state index contributed by atoms with van der Waals surface area (Å²) < 4.78 is 29.3. The van der Waals surface area contributed by atoms with Crippen molar-refractivity contribution in [2.75, 3.05) is 19.3 Å². The third kappa shape index (κ3) is 4.98. The van der Waals surface area contributed by atoms with Gasteiger partial charge in [-0.05, 0) is 39.5 Å². The molecule has 0 saturated heterocycles. The predicted octanol–water partition coefficient (Wildman–Crippen LogP) is 1.27. The Bertz CT molecular complexity index is 555. The highest BCUT2D eigenvalue weighted by Gasteiger charge is 2.24. The van der Waals surface area contributed by atoms with Gasteiger partial charge in [0.15, 0.2) is 0 Å². The lowest BCUT2D eigenvalue weighted by Crippen LogP contribution is -2.27. The van der Waals surface area contributed by atoms with Crippen LogP contribution in [0.15, 0.2) is 4.90 Å². The first-order valence-electron chi connectivity index (χ1n) is 7.10. The molecule has 0 fully saturated rings. The van der Waals surface area contributed by atoms with Gasteiger partial charge in [-0.2, -0.15) is 16.9 Å². The second-order valence-corrected chi connectivity index (χ2v) is 8.08. The van der Waals surface area contributed by atoms with Crippen molar-refractivity contribution >= 4 is 21.8 Å². The summed E-state index contributed by atoms with van der Waals surface area (Å²) in [6.45, 7) is 7.24. The molecule has 3 N–H and O–H groups in total. The number of sulfonamides is 1. The van der Waals surface area contributed by atoms with Gasteiger partial charge in [-0.15, -0.1) is 0 Å². The van der Waals surface area contributed by atoms with Crippen LogP contribution in [0.2, 0.25) is 0 Å². The Kier molecular flexibility index (Phi) is 7.19. The average Bonchev–Trinajstić information content (AvgIpc) is 2.71. The maximum Gasteiger partial charge on any atom is 0.244 e. The van der Waals surface area contributed by atoms with Crippen molar-refractivity contribution in [1.29, 1.82) is 0 Å². The van der Waals surface area contributed by atoms with Crippen molar-refractivity contribution in [1.82, 2.24) is 14.5 Å². The maximum absolute atomic E-state index is 12.4. The molecule has 8 heteroatoms. The second kappa shape index (κ2) is 8.17. The predicted molar refractivity (Wildman–Crippen MR) is 88.2 cm³/mol. The highest BCUT2D eigenvalue weighted by Crippen LogP contribution is 2.19. The molecule has 1 aromatic heterocycles. The van der Waals surface area contributed by atoms with Crippen LogP contribution in [0.25, 0.3) is 0 Å². The number of nitrogens with one attached hydrogen (secondary N) is 1. The Hall–Kier alpha value is -0.570. The molecule has 0 aromatic carbocycles. The molecular weight excluding hydrogens is 308 g/mol. The van der Waals surface area contributed by atoms with Crippen LogP contribution < -0.4 is 10.5 Å². The SMILES string of the molecule is CSC(C)CCNS(=O)(=O)c1c(C)nn(CCCN)c1C. The molecule has 1 aromatic rings. The summed E-state index contributed by atoms with van der Waals surface area (Å²) in [7, 11) is -3.50. The van der Waals surface area contributed by atoms with Crippen LogP contribution in [0.1, 0.15) is 31.2 Å². The summed E-state index contributed by atoms with van der Waals surface area (Å²) in [4.78, 5) is 0.302. The lowest BCUT2D eigenvalue weighted by atomic mass is 10.3. The van der Waals surface area contributed by atoms with Crippen LogP contribution in [0.4, 0.5) is 0 Å². The average molecular weight is 335 g/mol. The summed E-state index contributed by atoms with van der Waals surface area (Å²) in [6, 6.07) is 0. The van der Waals surface area contributed by atoms with E-state index in [2.05, 4.69) is 16.7 Å². The van der Waals surface area contributed by atoms with Gasteiger partial charge in [-0.1, -0.05) is 6.92 Å². The van der Waals surface area contributed by atoms with Crippen LogP contribution in [0, 0.1) is 13.8 Å². The van der Waals surface area contributed by atoms with E-state index in [0.29, 0.717) is 41.2 Å². The zero-order chi connectivity index (χ0) is 16.0. The number of nitrogens with zero attached hydrogens (tertiary/aromatic N) is 2. The lowest BCUT2D eigenvalue weighted by molar-refractivity contribution is 0.562. The number of thioether (sulfide) groups is 1. The van der Waals surface area contributed by atoms with Crippen LogP contribution >= 0.6 is 11.8 Å². The minimum Gasteiger partial charge on any atom is -0.330 e. The first kappa shape index (κ1) is 18.5. The minimum absolute atomic E-state index is 0.302. The Morgan fingerprint density at radius 1 is 1.43 bits per heavy atom. The van der Waals surface area contributed by atoms with E-state index in [9.17, 15) is 8.42 Å². The third-order valence-corrected chi connectivity index (χ3v) is 6.16. The maximum atomic E-state index is 12.4. The van der Waals surface area contributed by atoms with E-state index in [-0.39, 0.29) is 0 Å². The van der Waals surface area contributed by atoms with E-state index in [0.717, 1.165) is 12.8 Å². The normalized spacial score (nSPS) is 13.6. The molecule has 0 radical (unpaired) electrons. The van der Waals surface area contributed by atoms with Crippen molar-refractivity contribution < 1.29 is 8.42 Å². The molecule has 1 atom stereocenters. The zero-order valence-corrected chi connectivity index (χ0v) is 14.9. The third-order valence-electron chi connectivity index (χ3n) is 3.40. The van der Waals surface area contributed by atoms with Gasteiger partial charge in [0.05, 0.1) is 11.4 Å². The molecule has 0 saturated carbocycles. The molecule has 1 heterocycles. The van der Waals surface area contributed by atoms with Crippen molar-refractivity contribution in [2.24, 2.45) is 5.73 Å². The van der Waals surface area contributed by atoms with Crippen molar-refractivity contribution in [3.05, 3.63) is 11.4 Å². The van der Waals surface area contributed by atoms with Gasteiger partial charge < -0.3 is 5.73 Å². The standard InChI is InChI=1S/C13H26N4O2S2/c1-10(20-4)6-8-15-21(18,19)13-11(2)16-17(12(13)3)9-5-7-14/h10,15H,5-9,14H2,1-4H3. The van der Waals surface area contributed by atoms with E-state index < -0.39 is 10.0 Å². The zero-order valence-electron chi connectivity index (χ0n) is 13.2. The fourth-order valence-corrected chi connectivity index (χ4v) is 3.92. The molecule has 1 unspecified atom stereocenters. The summed E-state index contributed by atoms with van der Waals surface area (Å²) >= 11 is 1.73. The number of hydrogen-bond donors (Lipinski definition) is 2. The number of hydrogen-bond acceptors (Lipinski definition) is 5. The van der Waals surface area contributed by atoms with E-state index >= 15 is 0 Å². The monoisotopic (exact) mass is 334 g/mol. The van der Waals surface area contributed by atoms with E-state index in [1.54, 1.807) is 30.3 Å². The van der Waals surface area contributed by atoms with E-state index in [4.69, 9.17) is 5.73 Å². The molecule has 0 bridgehead atoms.